The van der Waals surface area contributed by atoms with E-state index < -0.39 is 0 Å². The maximum atomic E-state index is 12.2. The van der Waals surface area contributed by atoms with E-state index in [2.05, 4.69) is 20.8 Å². The van der Waals surface area contributed by atoms with Gasteiger partial charge in [0.25, 0.3) is 0 Å². The van der Waals surface area contributed by atoms with E-state index >= 15 is 0 Å². The third-order valence-electron chi connectivity index (χ3n) is 4.17. The summed E-state index contributed by atoms with van der Waals surface area (Å²) in [5.41, 5.74) is 1.40. The van der Waals surface area contributed by atoms with Gasteiger partial charge in [-0.2, -0.15) is 0 Å². The zero-order chi connectivity index (χ0) is 22.3. The van der Waals surface area contributed by atoms with Gasteiger partial charge in [0, 0.05) is 6.08 Å². The van der Waals surface area contributed by atoms with E-state index in [-0.39, 0.29) is 24.4 Å². The monoisotopic (exact) mass is 470 g/mol. The number of nitrogens with zero attached hydrogens (tertiary/aromatic N) is 2. The van der Waals surface area contributed by atoms with Crippen molar-refractivity contribution in [2.75, 3.05) is 30.3 Å². The molecule has 3 aromatic rings. The predicted molar refractivity (Wildman–Crippen MR) is 122 cm³/mol. The van der Waals surface area contributed by atoms with Crippen LogP contribution in [0.15, 0.2) is 52.9 Å². The molecule has 2 amide bonds. The SMILES string of the molecule is COc1ccccc1NC(=O)CSc1nnc(NC(=O)/C=C/c2ccc3c(c2)OCO3)s1. The summed E-state index contributed by atoms with van der Waals surface area (Å²) in [6, 6.07) is 12.6. The number of para-hydroxylation sites is 2. The average molecular weight is 471 g/mol. The van der Waals surface area contributed by atoms with Crippen molar-refractivity contribution in [2.24, 2.45) is 0 Å². The Kier molecular flexibility index (Phi) is 6.87. The Bertz CT molecular complexity index is 1160. The Balaban J connectivity index is 1.26. The minimum absolute atomic E-state index is 0.143. The lowest BCUT2D eigenvalue weighted by Gasteiger charge is -2.08. The summed E-state index contributed by atoms with van der Waals surface area (Å²) in [5.74, 6) is 1.51. The number of ether oxygens (including phenoxy) is 3. The van der Waals surface area contributed by atoms with Crippen LogP contribution in [0.3, 0.4) is 0 Å². The zero-order valence-electron chi connectivity index (χ0n) is 16.9. The molecule has 1 aliphatic heterocycles. The second-order valence-electron chi connectivity index (χ2n) is 6.35. The topological polar surface area (TPSA) is 112 Å². The molecule has 1 aliphatic rings. The van der Waals surface area contributed by atoms with Gasteiger partial charge < -0.3 is 19.5 Å². The van der Waals surface area contributed by atoms with Crippen molar-refractivity contribution >= 4 is 51.8 Å². The van der Waals surface area contributed by atoms with Crippen molar-refractivity contribution in [3.8, 4) is 17.2 Å². The first-order valence-electron chi connectivity index (χ1n) is 9.38. The molecule has 0 radical (unpaired) electrons. The normalized spacial score (nSPS) is 12.0. The number of carbonyl (C=O) groups is 2. The number of nitrogens with one attached hydrogen (secondary N) is 2. The first kappa shape index (κ1) is 21.7. The molecule has 0 bridgehead atoms. The number of hydrogen-bond donors (Lipinski definition) is 2. The lowest BCUT2D eigenvalue weighted by molar-refractivity contribution is -0.114. The van der Waals surface area contributed by atoms with Crippen molar-refractivity contribution in [1.82, 2.24) is 10.2 Å². The molecule has 0 atom stereocenters. The molecule has 32 heavy (non-hydrogen) atoms. The number of hydrogen-bond acceptors (Lipinski definition) is 9. The molecular formula is C21H18N4O5S2. The Hall–Kier alpha value is -3.57. The fourth-order valence-electron chi connectivity index (χ4n) is 2.72. The quantitative estimate of drug-likeness (QED) is 0.291. The van der Waals surface area contributed by atoms with Crippen molar-refractivity contribution in [3.63, 3.8) is 0 Å². The highest BCUT2D eigenvalue weighted by Gasteiger charge is 2.13. The molecule has 0 aliphatic carbocycles. The standard InChI is InChI=1S/C21H18N4O5S2/c1-28-15-5-3-2-4-14(15)22-19(27)11-31-21-25-24-20(32-21)23-18(26)9-7-13-6-8-16-17(10-13)30-12-29-16/h2-10H,11-12H2,1H3,(H,22,27)(H,23,24,26)/b9-7+. The van der Waals surface area contributed by atoms with E-state index in [9.17, 15) is 9.59 Å². The van der Waals surface area contributed by atoms with Crippen LogP contribution in [-0.2, 0) is 9.59 Å². The number of carbonyl (C=O) groups excluding carboxylic acids is 2. The molecule has 0 spiro atoms. The third kappa shape index (κ3) is 5.56. The molecule has 2 N–H and O–H groups in total. The first-order valence-corrected chi connectivity index (χ1v) is 11.2. The molecule has 1 aromatic heterocycles. The first-order chi connectivity index (χ1) is 15.6. The second-order valence-corrected chi connectivity index (χ2v) is 8.55. The number of amides is 2. The number of aromatic nitrogens is 2. The number of anilines is 2. The largest absolute Gasteiger partial charge is 0.495 e. The maximum absolute atomic E-state index is 12.2. The highest BCUT2D eigenvalue weighted by molar-refractivity contribution is 8.01. The van der Waals surface area contributed by atoms with Gasteiger partial charge in [-0.25, -0.2) is 0 Å². The molecule has 0 fully saturated rings. The molecule has 164 valence electrons. The summed E-state index contributed by atoms with van der Waals surface area (Å²) in [5, 5.41) is 13.7. The van der Waals surface area contributed by atoms with E-state index in [0.717, 1.165) is 5.56 Å². The molecule has 11 heteroatoms. The molecule has 9 nitrogen and oxygen atoms in total. The summed E-state index contributed by atoms with van der Waals surface area (Å²) < 4.78 is 16.4. The van der Waals surface area contributed by atoms with Crippen molar-refractivity contribution < 1.29 is 23.8 Å². The van der Waals surface area contributed by atoms with Gasteiger partial charge in [-0.05, 0) is 35.9 Å². The Labute approximate surface area is 191 Å². The lowest BCUT2D eigenvalue weighted by Crippen LogP contribution is -2.14. The lowest BCUT2D eigenvalue weighted by atomic mass is 10.2. The number of fused-ring (bicyclic) bond motifs is 1. The molecular weight excluding hydrogens is 452 g/mol. The highest BCUT2D eigenvalue weighted by atomic mass is 32.2. The summed E-state index contributed by atoms with van der Waals surface area (Å²) in [4.78, 5) is 24.4. The summed E-state index contributed by atoms with van der Waals surface area (Å²) in [6.45, 7) is 0.197. The van der Waals surface area contributed by atoms with Gasteiger partial charge in [-0.15, -0.1) is 10.2 Å². The van der Waals surface area contributed by atoms with Gasteiger partial charge in [-0.3, -0.25) is 14.9 Å². The number of rotatable bonds is 8. The van der Waals surface area contributed by atoms with E-state index in [4.69, 9.17) is 14.2 Å². The van der Waals surface area contributed by atoms with Gasteiger partial charge in [0.1, 0.15) is 5.75 Å². The van der Waals surface area contributed by atoms with Gasteiger partial charge in [0.2, 0.25) is 23.7 Å². The number of methoxy groups -OCH3 is 1. The fourth-order valence-corrected chi connectivity index (χ4v) is 4.27. The van der Waals surface area contributed by atoms with E-state index in [0.29, 0.717) is 32.4 Å². The Morgan fingerprint density at radius 3 is 2.88 bits per heavy atom. The van der Waals surface area contributed by atoms with Crippen molar-refractivity contribution in [1.29, 1.82) is 0 Å². The fraction of sp³-hybridized carbons (Fsp3) is 0.143. The van der Waals surface area contributed by atoms with Crippen LogP contribution in [0.25, 0.3) is 6.08 Å². The van der Waals surface area contributed by atoms with E-state index in [1.165, 1.54) is 29.2 Å². The van der Waals surface area contributed by atoms with Crippen LogP contribution in [0.5, 0.6) is 17.2 Å². The Morgan fingerprint density at radius 2 is 2.00 bits per heavy atom. The number of benzene rings is 2. The second kappa shape index (κ2) is 10.2. The van der Waals surface area contributed by atoms with Crippen LogP contribution in [-0.4, -0.2) is 41.7 Å². The summed E-state index contributed by atoms with van der Waals surface area (Å²) in [6.07, 6.45) is 3.06. The van der Waals surface area contributed by atoms with E-state index in [1.807, 2.05) is 18.2 Å². The van der Waals surface area contributed by atoms with E-state index in [1.54, 1.807) is 37.5 Å². The van der Waals surface area contributed by atoms with Crippen molar-refractivity contribution in [2.45, 2.75) is 4.34 Å². The summed E-state index contributed by atoms with van der Waals surface area (Å²) >= 11 is 2.42. The van der Waals surface area contributed by atoms with Gasteiger partial charge in [0.05, 0.1) is 18.6 Å². The minimum Gasteiger partial charge on any atom is -0.495 e. The van der Waals surface area contributed by atoms with Gasteiger partial charge >= 0.3 is 0 Å². The van der Waals surface area contributed by atoms with Crippen LogP contribution in [0.1, 0.15) is 5.56 Å². The molecule has 4 rings (SSSR count). The molecule has 2 aromatic carbocycles. The van der Waals surface area contributed by atoms with Crippen LogP contribution >= 0.6 is 23.1 Å². The van der Waals surface area contributed by atoms with Gasteiger partial charge in [0.15, 0.2) is 15.8 Å². The van der Waals surface area contributed by atoms with Crippen LogP contribution < -0.4 is 24.8 Å². The molecule has 2 heterocycles. The van der Waals surface area contributed by atoms with Crippen molar-refractivity contribution in [3.05, 3.63) is 54.1 Å². The van der Waals surface area contributed by atoms with Gasteiger partial charge in [-0.1, -0.05) is 41.3 Å². The third-order valence-corrected chi connectivity index (χ3v) is 6.14. The zero-order valence-corrected chi connectivity index (χ0v) is 18.5. The van der Waals surface area contributed by atoms with Crippen LogP contribution in [0.2, 0.25) is 0 Å². The van der Waals surface area contributed by atoms with Crippen LogP contribution in [0, 0.1) is 0 Å². The molecule has 0 unspecified atom stereocenters. The maximum Gasteiger partial charge on any atom is 0.250 e. The Morgan fingerprint density at radius 1 is 1.16 bits per heavy atom. The average Bonchev–Trinajstić information content (AvgIpc) is 3.45. The smallest absolute Gasteiger partial charge is 0.250 e. The predicted octanol–water partition coefficient (Wildman–Crippen LogP) is 3.66. The van der Waals surface area contributed by atoms with Crippen LogP contribution in [0.4, 0.5) is 10.8 Å². The molecule has 0 saturated carbocycles. The number of thioether (sulfide) groups is 1. The molecule has 0 saturated heterocycles. The highest BCUT2D eigenvalue weighted by Crippen LogP contribution is 2.33. The summed E-state index contributed by atoms with van der Waals surface area (Å²) in [7, 11) is 1.54. The minimum atomic E-state index is -0.343.